The smallest absolute Gasteiger partial charge is 0.254 e. The van der Waals surface area contributed by atoms with Crippen LogP contribution in [0.15, 0.2) is 24.3 Å². The van der Waals surface area contributed by atoms with E-state index in [4.69, 9.17) is 0 Å². The lowest BCUT2D eigenvalue weighted by molar-refractivity contribution is -0.144. The van der Waals surface area contributed by atoms with Crippen molar-refractivity contribution in [3.63, 3.8) is 0 Å². The van der Waals surface area contributed by atoms with Gasteiger partial charge in [-0.1, -0.05) is 0 Å². The van der Waals surface area contributed by atoms with Crippen LogP contribution in [0.5, 0.6) is 0 Å². The van der Waals surface area contributed by atoms with Gasteiger partial charge in [-0.3, -0.25) is 9.59 Å². The van der Waals surface area contributed by atoms with Crippen molar-refractivity contribution in [2.45, 2.75) is 31.7 Å². The molecule has 2 bridgehead atoms. The predicted octanol–water partition coefficient (Wildman–Crippen LogP) is 2.30. The summed E-state index contributed by atoms with van der Waals surface area (Å²) in [5.74, 6) is 0.760. The minimum atomic E-state index is -0.357. The molecule has 0 aromatic heterocycles. The summed E-state index contributed by atoms with van der Waals surface area (Å²) in [5, 5.41) is 0. The first-order valence-corrected chi connectivity index (χ1v) is 8.47. The maximum atomic E-state index is 13.1. The van der Waals surface area contributed by atoms with E-state index in [-0.39, 0.29) is 23.7 Å². The van der Waals surface area contributed by atoms with Gasteiger partial charge in [0.25, 0.3) is 5.91 Å². The van der Waals surface area contributed by atoms with Crippen molar-refractivity contribution in [1.82, 2.24) is 9.80 Å². The number of amides is 2. The van der Waals surface area contributed by atoms with Crippen LogP contribution in [0.1, 0.15) is 36.0 Å². The highest BCUT2D eigenvalue weighted by atomic mass is 19.1. The summed E-state index contributed by atoms with van der Waals surface area (Å²) in [6, 6.07) is 5.25. The summed E-state index contributed by atoms with van der Waals surface area (Å²) >= 11 is 0. The molecule has 3 fully saturated rings. The van der Waals surface area contributed by atoms with E-state index in [1.165, 1.54) is 37.1 Å². The van der Waals surface area contributed by atoms with E-state index in [0.717, 1.165) is 25.9 Å². The zero-order valence-electron chi connectivity index (χ0n) is 13.1. The summed E-state index contributed by atoms with van der Waals surface area (Å²) in [5.41, 5.74) is 0.456. The van der Waals surface area contributed by atoms with E-state index in [2.05, 4.69) is 0 Å². The zero-order valence-corrected chi connectivity index (χ0v) is 13.1. The molecule has 2 saturated heterocycles. The summed E-state index contributed by atoms with van der Waals surface area (Å²) in [7, 11) is 0. The number of hydrogen-bond acceptors (Lipinski definition) is 2. The summed E-state index contributed by atoms with van der Waals surface area (Å²) in [6.07, 6.45) is 4.15. The Bertz CT molecular complexity index is 626. The van der Waals surface area contributed by atoms with Gasteiger partial charge in [0.2, 0.25) is 5.91 Å². The molecule has 1 saturated carbocycles. The van der Waals surface area contributed by atoms with Crippen molar-refractivity contribution >= 4 is 11.8 Å². The molecule has 23 heavy (non-hydrogen) atoms. The van der Waals surface area contributed by atoms with Crippen molar-refractivity contribution < 1.29 is 14.0 Å². The summed E-state index contributed by atoms with van der Waals surface area (Å²) < 4.78 is 13.1. The first-order chi connectivity index (χ1) is 11.1. The average Bonchev–Trinajstić information content (AvgIpc) is 3.37. The molecule has 2 aliphatic heterocycles. The van der Waals surface area contributed by atoms with Crippen molar-refractivity contribution in [2.75, 3.05) is 19.6 Å². The molecule has 122 valence electrons. The highest BCUT2D eigenvalue weighted by Gasteiger charge is 2.44. The Kier molecular flexibility index (Phi) is 3.58. The molecular formula is C18H21FN2O2. The maximum Gasteiger partial charge on any atom is 0.254 e. The second-order valence-electron chi connectivity index (χ2n) is 7.10. The van der Waals surface area contributed by atoms with E-state index in [1.54, 1.807) is 4.90 Å². The van der Waals surface area contributed by atoms with Crippen molar-refractivity contribution in [1.29, 1.82) is 0 Å². The van der Waals surface area contributed by atoms with E-state index in [0.29, 0.717) is 23.9 Å². The third-order valence-electron chi connectivity index (χ3n) is 5.31. The first kappa shape index (κ1) is 14.7. The molecule has 3 aliphatic rings. The Morgan fingerprint density at radius 1 is 1.17 bits per heavy atom. The van der Waals surface area contributed by atoms with Gasteiger partial charge in [-0.25, -0.2) is 4.39 Å². The highest BCUT2D eigenvalue weighted by molar-refractivity contribution is 5.98. The molecule has 1 aromatic rings. The third kappa shape index (κ3) is 2.84. The molecule has 2 atom stereocenters. The fraction of sp³-hybridized carbons (Fsp3) is 0.556. The van der Waals surface area contributed by atoms with Crippen LogP contribution in [-0.4, -0.2) is 47.3 Å². The van der Waals surface area contributed by atoms with Gasteiger partial charge in [-0.2, -0.15) is 0 Å². The quantitative estimate of drug-likeness (QED) is 0.858. The SMILES string of the molecule is O=C1[C@H]2C[C@H](CCN2C(=O)c2ccc(F)cc2)CN1CC1CC1. The van der Waals surface area contributed by atoms with Gasteiger partial charge in [0, 0.05) is 25.2 Å². The third-order valence-corrected chi connectivity index (χ3v) is 5.31. The number of nitrogens with zero attached hydrogens (tertiary/aromatic N) is 2. The maximum absolute atomic E-state index is 13.1. The van der Waals surface area contributed by atoms with Gasteiger partial charge in [0.15, 0.2) is 0 Å². The normalized spacial score (nSPS) is 27.3. The van der Waals surface area contributed by atoms with E-state index >= 15 is 0 Å². The molecule has 0 unspecified atom stereocenters. The minimum absolute atomic E-state index is 0.100. The number of benzene rings is 1. The Labute approximate surface area is 135 Å². The molecule has 1 aliphatic carbocycles. The van der Waals surface area contributed by atoms with Gasteiger partial charge < -0.3 is 9.80 Å². The molecule has 2 heterocycles. The second kappa shape index (κ2) is 5.62. The molecular weight excluding hydrogens is 295 g/mol. The molecule has 0 spiro atoms. The lowest BCUT2D eigenvalue weighted by Gasteiger charge is -2.46. The van der Waals surface area contributed by atoms with Crippen LogP contribution in [0.2, 0.25) is 0 Å². The van der Waals surface area contributed by atoms with Gasteiger partial charge in [0.05, 0.1) is 0 Å². The number of hydrogen-bond donors (Lipinski definition) is 0. The van der Waals surface area contributed by atoms with Gasteiger partial charge in [-0.05, 0) is 61.8 Å². The van der Waals surface area contributed by atoms with Crippen LogP contribution >= 0.6 is 0 Å². The average molecular weight is 316 g/mol. The molecule has 0 N–H and O–H groups in total. The molecule has 1 aromatic carbocycles. The zero-order chi connectivity index (χ0) is 16.0. The van der Waals surface area contributed by atoms with Crippen molar-refractivity contribution in [3.05, 3.63) is 35.6 Å². The lowest BCUT2D eigenvalue weighted by atomic mass is 9.85. The Morgan fingerprint density at radius 2 is 1.91 bits per heavy atom. The highest BCUT2D eigenvalue weighted by Crippen LogP contribution is 2.35. The largest absolute Gasteiger partial charge is 0.340 e. The Morgan fingerprint density at radius 3 is 2.61 bits per heavy atom. The van der Waals surface area contributed by atoms with Crippen molar-refractivity contribution in [3.8, 4) is 0 Å². The molecule has 2 amide bonds. The summed E-state index contributed by atoms with van der Waals surface area (Å²) in [4.78, 5) is 29.2. The van der Waals surface area contributed by atoms with E-state index in [1.807, 2.05) is 4.90 Å². The number of carbonyl (C=O) groups excluding carboxylic acids is 2. The number of fused-ring (bicyclic) bond motifs is 2. The number of carbonyl (C=O) groups is 2. The van der Waals surface area contributed by atoms with Crippen LogP contribution in [0.25, 0.3) is 0 Å². The summed E-state index contributed by atoms with van der Waals surface area (Å²) in [6.45, 7) is 2.32. The van der Waals surface area contributed by atoms with Crippen LogP contribution < -0.4 is 0 Å². The van der Waals surface area contributed by atoms with E-state index in [9.17, 15) is 14.0 Å². The fourth-order valence-electron chi connectivity index (χ4n) is 3.83. The van der Waals surface area contributed by atoms with Crippen LogP contribution in [0.4, 0.5) is 4.39 Å². The predicted molar refractivity (Wildman–Crippen MR) is 83.3 cm³/mol. The van der Waals surface area contributed by atoms with Crippen LogP contribution in [0.3, 0.4) is 0 Å². The van der Waals surface area contributed by atoms with Gasteiger partial charge in [0.1, 0.15) is 11.9 Å². The lowest BCUT2D eigenvalue weighted by Crippen LogP contribution is -2.60. The monoisotopic (exact) mass is 316 g/mol. The molecule has 4 rings (SSSR count). The van der Waals surface area contributed by atoms with Crippen molar-refractivity contribution in [2.24, 2.45) is 11.8 Å². The fourth-order valence-corrected chi connectivity index (χ4v) is 3.83. The molecule has 5 heteroatoms. The van der Waals surface area contributed by atoms with Crippen LogP contribution in [0, 0.1) is 17.7 Å². The first-order valence-electron chi connectivity index (χ1n) is 8.47. The standard InChI is InChI=1S/C18H21FN2O2/c19-15-5-3-14(4-6-15)17(22)21-8-7-13-9-16(21)18(23)20(11-13)10-12-1-2-12/h3-6,12-13,16H,1-2,7-11H2/t13-,16+/m0/s1. The van der Waals surface area contributed by atoms with E-state index < -0.39 is 0 Å². The Balaban J connectivity index is 1.53. The number of piperidine rings is 2. The van der Waals surface area contributed by atoms with Crippen LogP contribution in [-0.2, 0) is 4.79 Å². The minimum Gasteiger partial charge on any atom is -0.340 e. The number of rotatable bonds is 3. The van der Waals surface area contributed by atoms with Gasteiger partial charge >= 0.3 is 0 Å². The Hall–Kier alpha value is -1.91. The molecule has 0 radical (unpaired) electrons. The second-order valence-corrected chi connectivity index (χ2v) is 7.10. The topological polar surface area (TPSA) is 40.6 Å². The van der Waals surface area contributed by atoms with Gasteiger partial charge in [-0.15, -0.1) is 0 Å². The number of halogens is 1. The number of likely N-dealkylation sites (tertiary alicyclic amines) is 2. The molecule has 4 nitrogen and oxygen atoms in total.